The van der Waals surface area contributed by atoms with Crippen molar-refractivity contribution in [1.29, 1.82) is 0 Å². The van der Waals surface area contributed by atoms with E-state index in [2.05, 4.69) is 10.6 Å². The van der Waals surface area contributed by atoms with Gasteiger partial charge in [0, 0.05) is 39.0 Å². The smallest absolute Gasteiger partial charge is 0.303 e. The second kappa shape index (κ2) is 12.3. The number of hydrogen-bond acceptors (Lipinski definition) is 4. The first-order valence-electron chi connectivity index (χ1n) is 6.48. The van der Waals surface area contributed by atoms with E-state index in [1.54, 1.807) is 0 Å². The number of unbranched alkanes of at least 4 members (excludes halogenated alkanes) is 3. The van der Waals surface area contributed by atoms with Gasteiger partial charge in [0.05, 0.1) is 0 Å². The zero-order valence-corrected chi connectivity index (χ0v) is 10.8. The first-order chi connectivity index (χ1) is 8.63. The Bertz CT molecular complexity index is 201. The van der Waals surface area contributed by atoms with Gasteiger partial charge in [0.2, 0.25) is 0 Å². The Morgan fingerprint density at radius 1 is 0.722 bits per heavy atom. The van der Waals surface area contributed by atoms with Crippen LogP contribution >= 0.6 is 0 Å². The molecule has 0 atom stereocenters. The molecule has 6 heteroatoms. The average molecular weight is 260 g/mol. The third-order valence-corrected chi connectivity index (χ3v) is 2.49. The van der Waals surface area contributed by atoms with Gasteiger partial charge in [0.1, 0.15) is 0 Å². The molecule has 0 aromatic rings. The van der Waals surface area contributed by atoms with Gasteiger partial charge in [-0.3, -0.25) is 9.59 Å². The highest BCUT2D eigenvalue weighted by molar-refractivity contribution is 5.66. The highest BCUT2D eigenvalue weighted by Gasteiger charge is 1.98. The molecule has 0 radical (unpaired) electrons. The molecule has 0 spiro atoms. The molecule has 0 bridgehead atoms. The van der Waals surface area contributed by atoms with Crippen LogP contribution in [0.15, 0.2) is 0 Å². The van der Waals surface area contributed by atoms with Gasteiger partial charge in [0.25, 0.3) is 0 Å². The number of nitrogens with one attached hydrogen (secondary N) is 2. The first-order valence-corrected chi connectivity index (χ1v) is 6.48. The monoisotopic (exact) mass is 260 g/mol. The molecule has 1 rings (SSSR count). The lowest BCUT2D eigenvalue weighted by atomic mass is 10.1. The van der Waals surface area contributed by atoms with Crippen molar-refractivity contribution < 1.29 is 19.8 Å². The van der Waals surface area contributed by atoms with Crippen molar-refractivity contribution in [1.82, 2.24) is 10.6 Å². The summed E-state index contributed by atoms with van der Waals surface area (Å²) in [6.07, 6.45) is 3.28. The molecule has 6 nitrogen and oxygen atoms in total. The van der Waals surface area contributed by atoms with Crippen LogP contribution in [-0.2, 0) is 9.59 Å². The summed E-state index contributed by atoms with van der Waals surface area (Å²) in [6, 6.07) is 0. The molecule has 1 aliphatic rings. The van der Waals surface area contributed by atoms with Gasteiger partial charge in [-0.1, -0.05) is 12.8 Å². The summed E-state index contributed by atoms with van der Waals surface area (Å²) in [5.74, 6) is -1.57. The molecule has 1 saturated heterocycles. The standard InChI is InChI=1S/C8H14O4.C4H10N2/c9-7(10)5-3-1-2-4-6-8(11)12;1-2-6-4-3-5-1/h1-6H2,(H,9,10)(H,11,12);5-6H,1-4H2. The van der Waals surface area contributed by atoms with Gasteiger partial charge in [-0.2, -0.15) is 0 Å². The summed E-state index contributed by atoms with van der Waals surface area (Å²) in [5.41, 5.74) is 0. The Balaban J connectivity index is 0.000000397. The number of piperazine rings is 1. The molecule has 0 aromatic carbocycles. The lowest BCUT2D eigenvalue weighted by molar-refractivity contribution is -0.138. The van der Waals surface area contributed by atoms with Crippen LogP contribution in [0.1, 0.15) is 38.5 Å². The van der Waals surface area contributed by atoms with Crippen molar-refractivity contribution in [3.8, 4) is 0 Å². The lowest BCUT2D eigenvalue weighted by Gasteiger charge is -2.11. The predicted octanol–water partition coefficient (Wildman–Crippen LogP) is 0.675. The van der Waals surface area contributed by atoms with Crippen LogP contribution in [-0.4, -0.2) is 48.3 Å². The Morgan fingerprint density at radius 3 is 1.28 bits per heavy atom. The second-order valence-electron chi connectivity index (χ2n) is 4.20. The van der Waals surface area contributed by atoms with Crippen molar-refractivity contribution in [2.75, 3.05) is 26.2 Å². The van der Waals surface area contributed by atoms with Crippen LogP contribution in [0.25, 0.3) is 0 Å². The Kier molecular flexibility index (Phi) is 11.5. The number of rotatable bonds is 7. The molecule has 0 aromatic heterocycles. The van der Waals surface area contributed by atoms with Crippen molar-refractivity contribution in [2.24, 2.45) is 0 Å². The molecule has 4 N–H and O–H groups in total. The van der Waals surface area contributed by atoms with E-state index in [4.69, 9.17) is 10.2 Å². The molecule has 106 valence electrons. The maximum atomic E-state index is 10.0. The normalized spacial score (nSPS) is 14.4. The van der Waals surface area contributed by atoms with E-state index in [0.29, 0.717) is 12.8 Å². The molecular formula is C12H24N2O4. The van der Waals surface area contributed by atoms with Gasteiger partial charge >= 0.3 is 11.9 Å². The van der Waals surface area contributed by atoms with Crippen LogP contribution in [0, 0.1) is 0 Å². The molecule has 1 fully saturated rings. The van der Waals surface area contributed by atoms with E-state index in [0.717, 1.165) is 39.0 Å². The number of hydrogen-bond donors (Lipinski definition) is 4. The molecule has 1 aliphatic heterocycles. The summed E-state index contributed by atoms with van der Waals surface area (Å²) in [6.45, 7) is 4.56. The van der Waals surface area contributed by atoms with Gasteiger partial charge in [-0.25, -0.2) is 0 Å². The first kappa shape index (κ1) is 16.9. The van der Waals surface area contributed by atoms with Crippen molar-refractivity contribution in [3.63, 3.8) is 0 Å². The Morgan fingerprint density at radius 2 is 1.06 bits per heavy atom. The summed E-state index contributed by atoms with van der Waals surface area (Å²) in [5, 5.41) is 23.0. The van der Waals surface area contributed by atoms with E-state index < -0.39 is 11.9 Å². The molecule has 0 saturated carbocycles. The topological polar surface area (TPSA) is 98.7 Å². The Hall–Kier alpha value is -1.14. The fourth-order valence-electron chi connectivity index (χ4n) is 1.51. The average Bonchev–Trinajstić information content (AvgIpc) is 2.36. The van der Waals surface area contributed by atoms with Crippen molar-refractivity contribution in [2.45, 2.75) is 38.5 Å². The largest absolute Gasteiger partial charge is 0.481 e. The number of carboxylic acids is 2. The molecule has 0 aliphatic carbocycles. The second-order valence-corrected chi connectivity index (χ2v) is 4.20. The van der Waals surface area contributed by atoms with Gasteiger partial charge in [-0.05, 0) is 12.8 Å². The third kappa shape index (κ3) is 14.9. The van der Waals surface area contributed by atoms with Crippen LogP contribution in [0.3, 0.4) is 0 Å². The van der Waals surface area contributed by atoms with Gasteiger partial charge < -0.3 is 20.8 Å². The highest BCUT2D eigenvalue weighted by Crippen LogP contribution is 2.04. The summed E-state index contributed by atoms with van der Waals surface area (Å²) in [7, 11) is 0. The minimum atomic E-state index is -0.784. The van der Waals surface area contributed by atoms with Gasteiger partial charge in [0.15, 0.2) is 0 Å². The zero-order valence-electron chi connectivity index (χ0n) is 10.8. The van der Waals surface area contributed by atoms with Crippen LogP contribution in [0.4, 0.5) is 0 Å². The fourth-order valence-corrected chi connectivity index (χ4v) is 1.51. The minimum absolute atomic E-state index is 0.188. The molecule has 1 heterocycles. The number of aliphatic carboxylic acids is 2. The van der Waals surface area contributed by atoms with E-state index in [1.165, 1.54) is 0 Å². The van der Waals surface area contributed by atoms with E-state index >= 15 is 0 Å². The predicted molar refractivity (Wildman–Crippen MR) is 68.7 cm³/mol. The number of carbonyl (C=O) groups is 2. The maximum Gasteiger partial charge on any atom is 0.303 e. The lowest BCUT2D eigenvalue weighted by Crippen LogP contribution is -2.39. The number of carboxylic acid groups (broad SMARTS) is 2. The summed E-state index contributed by atoms with van der Waals surface area (Å²) < 4.78 is 0. The van der Waals surface area contributed by atoms with Crippen molar-refractivity contribution >= 4 is 11.9 Å². The quantitative estimate of drug-likeness (QED) is 0.502. The molecular weight excluding hydrogens is 236 g/mol. The molecule has 0 unspecified atom stereocenters. The highest BCUT2D eigenvalue weighted by atomic mass is 16.4. The molecule has 18 heavy (non-hydrogen) atoms. The van der Waals surface area contributed by atoms with Crippen LogP contribution in [0.5, 0.6) is 0 Å². The molecule has 0 amide bonds. The van der Waals surface area contributed by atoms with Crippen LogP contribution < -0.4 is 10.6 Å². The summed E-state index contributed by atoms with van der Waals surface area (Å²) >= 11 is 0. The third-order valence-electron chi connectivity index (χ3n) is 2.49. The maximum absolute atomic E-state index is 10.0. The van der Waals surface area contributed by atoms with E-state index in [1.807, 2.05) is 0 Å². The van der Waals surface area contributed by atoms with E-state index in [9.17, 15) is 9.59 Å². The summed E-state index contributed by atoms with van der Waals surface area (Å²) in [4.78, 5) is 20.1. The fraction of sp³-hybridized carbons (Fsp3) is 0.833. The minimum Gasteiger partial charge on any atom is -0.481 e. The van der Waals surface area contributed by atoms with Crippen molar-refractivity contribution in [3.05, 3.63) is 0 Å². The van der Waals surface area contributed by atoms with Crippen LogP contribution in [0.2, 0.25) is 0 Å². The SMILES string of the molecule is C1CNCCN1.O=C(O)CCCCCCC(=O)O. The Labute approximate surface area is 108 Å². The zero-order chi connectivity index (χ0) is 13.6. The van der Waals surface area contributed by atoms with Gasteiger partial charge in [-0.15, -0.1) is 0 Å². The van der Waals surface area contributed by atoms with E-state index in [-0.39, 0.29) is 12.8 Å².